The number of likely N-dealkylation sites (tertiary alicyclic amines) is 1. The van der Waals surface area contributed by atoms with E-state index < -0.39 is 0 Å². The van der Waals surface area contributed by atoms with E-state index in [1.807, 2.05) is 0 Å². The standard InChI is InChI=1S/C10H15NO3/c1-14-10(13)11-6-5-9(12)7-3-2-4-8(7)11/h7-8H,2-6H2,1H3. The van der Waals surface area contributed by atoms with Crippen LogP contribution in [0.1, 0.15) is 25.7 Å². The van der Waals surface area contributed by atoms with Gasteiger partial charge >= 0.3 is 6.09 Å². The Kier molecular flexibility index (Phi) is 2.44. The first kappa shape index (κ1) is 9.49. The molecule has 4 heteroatoms. The lowest BCUT2D eigenvalue weighted by atomic mass is 9.91. The van der Waals surface area contributed by atoms with Gasteiger partial charge in [0.2, 0.25) is 0 Å². The molecule has 1 heterocycles. The summed E-state index contributed by atoms with van der Waals surface area (Å²) >= 11 is 0. The van der Waals surface area contributed by atoms with Crippen molar-refractivity contribution in [2.45, 2.75) is 31.7 Å². The topological polar surface area (TPSA) is 46.6 Å². The monoisotopic (exact) mass is 197 g/mol. The van der Waals surface area contributed by atoms with Crippen LogP contribution in [0.25, 0.3) is 0 Å². The maximum absolute atomic E-state index is 11.6. The van der Waals surface area contributed by atoms with Gasteiger partial charge in [0.25, 0.3) is 0 Å². The van der Waals surface area contributed by atoms with Crippen LogP contribution in [0.5, 0.6) is 0 Å². The molecule has 1 aliphatic carbocycles. The average molecular weight is 197 g/mol. The van der Waals surface area contributed by atoms with E-state index >= 15 is 0 Å². The van der Waals surface area contributed by atoms with Gasteiger partial charge in [-0.1, -0.05) is 6.42 Å². The van der Waals surface area contributed by atoms with E-state index in [-0.39, 0.29) is 18.1 Å². The molecule has 2 unspecified atom stereocenters. The number of ketones is 1. The number of carbonyl (C=O) groups excluding carboxylic acids is 2. The summed E-state index contributed by atoms with van der Waals surface area (Å²) in [5.41, 5.74) is 0. The van der Waals surface area contributed by atoms with E-state index in [1.165, 1.54) is 7.11 Å². The van der Waals surface area contributed by atoms with Crippen molar-refractivity contribution in [2.75, 3.05) is 13.7 Å². The molecule has 1 saturated heterocycles. The maximum atomic E-state index is 11.6. The van der Waals surface area contributed by atoms with Crippen LogP contribution < -0.4 is 0 Å². The Bertz CT molecular complexity index is 264. The van der Waals surface area contributed by atoms with Gasteiger partial charge in [0.05, 0.1) is 7.11 Å². The number of fused-ring (bicyclic) bond motifs is 1. The molecule has 2 atom stereocenters. The normalized spacial score (nSPS) is 31.5. The molecule has 14 heavy (non-hydrogen) atoms. The number of Topliss-reactive ketones (excluding diaryl/α,β-unsaturated/α-hetero) is 1. The van der Waals surface area contributed by atoms with Crippen LogP contribution in [0.2, 0.25) is 0 Å². The third kappa shape index (κ3) is 1.38. The molecule has 0 N–H and O–H groups in total. The Hall–Kier alpha value is -1.06. The highest BCUT2D eigenvalue weighted by Gasteiger charge is 2.42. The zero-order chi connectivity index (χ0) is 10.1. The number of nitrogens with zero attached hydrogens (tertiary/aromatic N) is 1. The second kappa shape index (κ2) is 3.59. The second-order valence-electron chi connectivity index (χ2n) is 3.98. The van der Waals surface area contributed by atoms with Crippen molar-refractivity contribution in [3.05, 3.63) is 0 Å². The number of methoxy groups -OCH3 is 1. The minimum absolute atomic E-state index is 0.0860. The van der Waals surface area contributed by atoms with Crippen molar-refractivity contribution in [2.24, 2.45) is 5.92 Å². The van der Waals surface area contributed by atoms with E-state index in [0.717, 1.165) is 19.3 Å². The van der Waals surface area contributed by atoms with Crippen molar-refractivity contribution < 1.29 is 14.3 Å². The SMILES string of the molecule is COC(=O)N1CCC(=O)C2CCCC21. The zero-order valence-electron chi connectivity index (χ0n) is 8.36. The minimum atomic E-state index is -0.283. The molecule has 0 bridgehead atoms. The summed E-state index contributed by atoms with van der Waals surface area (Å²) in [6.07, 6.45) is 3.15. The van der Waals surface area contributed by atoms with Crippen molar-refractivity contribution in [1.82, 2.24) is 4.90 Å². The summed E-state index contributed by atoms with van der Waals surface area (Å²) in [5.74, 6) is 0.413. The fourth-order valence-electron chi connectivity index (χ4n) is 2.61. The van der Waals surface area contributed by atoms with Gasteiger partial charge in [-0.2, -0.15) is 0 Å². The van der Waals surface area contributed by atoms with Crippen LogP contribution in [0.15, 0.2) is 0 Å². The van der Waals surface area contributed by atoms with Crippen LogP contribution in [-0.4, -0.2) is 36.5 Å². The van der Waals surface area contributed by atoms with Gasteiger partial charge in [0, 0.05) is 24.9 Å². The molecule has 0 aromatic rings. The Labute approximate surface area is 83.2 Å². The highest BCUT2D eigenvalue weighted by atomic mass is 16.5. The van der Waals surface area contributed by atoms with Crippen molar-refractivity contribution >= 4 is 11.9 Å². The summed E-state index contributed by atoms with van der Waals surface area (Å²) < 4.78 is 4.71. The lowest BCUT2D eigenvalue weighted by molar-refractivity contribution is -0.127. The van der Waals surface area contributed by atoms with E-state index in [1.54, 1.807) is 4.90 Å². The number of ether oxygens (including phenoxy) is 1. The largest absolute Gasteiger partial charge is 0.453 e. The number of hydrogen-bond acceptors (Lipinski definition) is 3. The van der Waals surface area contributed by atoms with Gasteiger partial charge in [0.1, 0.15) is 5.78 Å². The van der Waals surface area contributed by atoms with Crippen LogP contribution >= 0.6 is 0 Å². The molecule has 78 valence electrons. The molecule has 0 spiro atoms. The van der Waals surface area contributed by atoms with E-state index in [2.05, 4.69) is 0 Å². The fourth-order valence-corrected chi connectivity index (χ4v) is 2.61. The molecule has 1 saturated carbocycles. The predicted molar refractivity (Wildman–Crippen MR) is 49.9 cm³/mol. The number of rotatable bonds is 0. The summed E-state index contributed by atoms with van der Waals surface area (Å²) in [7, 11) is 1.39. The first-order chi connectivity index (χ1) is 6.74. The Morgan fingerprint density at radius 2 is 2.29 bits per heavy atom. The van der Waals surface area contributed by atoms with Gasteiger partial charge in [-0.05, 0) is 12.8 Å². The first-order valence-corrected chi connectivity index (χ1v) is 5.11. The zero-order valence-corrected chi connectivity index (χ0v) is 8.36. The molecule has 2 aliphatic rings. The Morgan fingerprint density at radius 1 is 1.50 bits per heavy atom. The van der Waals surface area contributed by atoms with Gasteiger partial charge in [-0.15, -0.1) is 0 Å². The van der Waals surface area contributed by atoms with Crippen LogP contribution in [0, 0.1) is 5.92 Å². The van der Waals surface area contributed by atoms with E-state index in [4.69, 9.17) is 4.74 Å². The molecule has 4 nitrogen and oxygen atoms in total. The van der Waals surface area contributed by atoms with Gasteiger partial charge in [-0.3, -0.25) is 4.79 Å². The summed E-state index contributed by atoms with van der Waals surface area (Å²) in [4.78, 5) is 24.7. The molecule has 2 fully saturated rings. The quantitative estimate of drug-likeness (QED) is 0.586. The minimum Gasteiger partial charge on any atom is -0.453 e. The molecule has 1 aliphatic heterocycles. The predicted octanol–water partition coefficient (Wildman–Crippen LogP) is 1.20. The molecule has 0 radical (unpaired) electrons. The van der Waals surface area contributed by atoms with Crippen LogP contribution in [0.4, 0.5) is 4.79 Å². The highest BCUT2D eigenvalue weighted by molar-refractivity contribution is 5.85. The molecular weight excluding hydrogens is 182 g/mol. The number of hydrogen-bond donors (Lipinski definition) is 0. The van der Waals surface area contributed by atoms with Crippen molar-refractivity contribution in [1.29, 1.82) is 0 Å². The third-order valence-electron chi connectivity index (χ3n) is 3.30. The lowest BCUT2D eigenvalue weighted by Gasteiger charge is -2.35. The maximum Gasteiger partial charge on any atom is 0.409 e. The van der Waals surface area contributed by atoms with Crippen LogP contribution in [0.3, 0.4) is 0 Å². The number of piperidine rings is 1. The van der Waals surface area contributed by atoms with Crippen LogP contribution in [-0.2, 0) is 9.53 Å². The molecule has 1 amide bonds. The van der Waals surface area contributed by atoms with Gasteiger partial charge in [-0.25, -0.2) is 4.79 Å². The third-order valence-corrected chi connectivity index (χ3v) is 3.30. The fraction of sp³-hybridized carbons (Fsp3) is 0.800. The average Bonchev–Trinajstić information content (AvgIpc) is 2.67. The van der Waals surface area contributed by atoms with Gasteiger partial charge in [0.15, 0.2) is 0 Å². The highest BCUT2D eigenvalue weighted by Crippen LogP contribution is 2.34. The second-order valence-corrected chi connectivity index (χ2v) is 3.98. The summed E-state index contributed by atoms with van der Waals surface area (Å²) in [5, 5.41) is 0. The van der Waals surface area contributed by atoms with Gasteiger partial charge < -0.3 is 9.64 Å². The van der Waals surface area contributed by atoms with Crippen molar-refractivity contribution in [3.8, 4) is 0 Å². The summed E-state index contributed by atoms with van der Waals surface area (Å²) in [6.45, 7) is 0.534. The van der Waals surface area contributed by atoms with E-state index in [9.17, 15) is 9.59 Å². The summed E-state index contributed by atoms with van der Waals surface area (Å²) in [6, 6.07) is 0.115. The Balaban J connectivity index is 2.13. The Morgan fingerprint density at radius 3 is 3.00 bits per heavy atom. The number of carbonyl (C=O) groups is 2. The molecular formula is C10H15NO3. The molecule has 0 aromatic heterocycles. The first-order valence-electron chi connectivity index (χ1n) is 5.11. The molecule has 0 aromatic carbocycles. The van der Waals surface area contributed by atoms with Crippen molar-refractivity contribution in [3.63, 3.8) is 0 Å². The smallest absolute Gasteiger partial charge is 0.409 e. The number of amides is 1. The molecule has 2 rings (SSSR count). The van der Waals surface area contributed by atoms with E-state index in [0.29, 0.717) is 18.7 Å². The lowest BCUT2D eigenvalue weighted by Crippen LogP contribution is -2.49.